The molecular weight excluding hydrogens is 348 g/mol. The van der Waals surface area contributed by atoms with Gasteiger partial charge in [0.25, 0.3) is 5.91 Å². The Morgan fingerprint density at radius 2 is 1.77 bits per heavy atom. The molecule has 138 valence electrons. The van der Waals surface area contributed by atoms with Crippen molar-refractivity contribution in [3.8, 4) is 6.07 Å². The molecule has 4 aliphatic carbocycles. The van der Waals surface area contributed by atoms with Crippen LogP contribution in [-0.4, -0.2) is 18.5 Å². The number of thiophene rings is 1. The number of anilines is 1. The smallest absolute Gasteiger partial charge is 0.312 e. The maximum absolute atomic E-state index is 12.8. The first-order chi connectivity index (χ1) is 12.4. The number of carbonyl (C=O) groups excluding carboxylic acids is 2. The van der Waals surface area contributed by atoms with Gasteiger partial charge in [-0.1, -0.05) is 0 Å². The van der Waals surface area contributed by atoms with Crippen molar-refractivity contribution < 1.29 is 14.3 Å². The zero-order valence-electron chi connectivity index (χ0n) is 15.3. The fourth-order valence-electron chi connectivity index (χ4n) is 5.66. The van der Waals surface area contributed by atoms with Crippen LogP contribution in [0.15, 0.2) is 0 Å². The number of esters is 1. The first-order valence-electron chi connectivity index (χ1n) is 9.37. The predicted molar refractivity (Wildman–Crippen MR) is 98.7 cm³/mol. The molecule has 6 heteroatoms. The molecule has 0 unspecified atom stereocenters. The van der Waals surface area contributed by atoms with Crippen LogP contribution < -0.4 is 5.32 Å². The van der Waals surface area contributed by atoms with Gasteiger partial charge in [0.1, 0.15) is 11.1 Å². The van der Waals surface area contributed by atoms with Crippen LogP contribution in [0.5, 0.6) is 0 Å². The number of nitrogens with zero attached hydrogens (tertiary/aromatic N) is 1. The fourth-order valence-corrected chi connectivity index (χ4v) is 6.68. The van der Waals surface area contributed by atoms with E-state index in [4.69, 9.17) is 4.74 Å². The molecule has 0 spiro atoms. The van der Waals surface area contributed by atoms with Gasteiger partial charge in [-0.15, -0.1) is 11.3 Å². The van der Waals surface area contributed by atoms with Crippen molar-refractivity contribution in [2.45, 2.75) is 52.4 Å². The monoisotopic (exact) mass is 372 g/mol. The van der Waals surface area contributed by atoms with E-state index in [1.54, 1.807) is 0 Å². The van der Waals surface area contributed by atoms with Crippen molar-refractivity contribution in [3.63, 3.8) is 0 Å². The lowest BCUT2D eigenvalue weighted by atomic mass is 9.49. The van der Waals surface area contributed by atoms with Gasteiger partial charge in [0, 0.05) is 4.88 Å². The minimum atomic E-state index is -0.374. The van der Waals surface area contributed by atoms with Crippen LogP contribution in [0, 0.1) is 48.3 Å². The molecule has 5 nitrogen and oxygen atoms in total. The van der Waals surface area contributed by atoms with Crippen LogP contribution in [-0.2, 0) is 14.3 Å². The van der Waals surface area contributed by atoms with Gasteiger partial charge in [0.05, 0.1) is 11.0 Å². The van der Waals surface area contributed by atoms with Gasteiger partial charge in [-0.25, -0.2) is 0 Å². The Morgan fingerprint density at radius 3 is 2.31 bits per heavy atom. The highest BCUT2D eigenvalue weighted by Gasteiger charge is 2.55. The third-order valence-corrected chi connectivity index (χ3v) is 7.68. The third kappa shape index (κ3) is 2.92. The van der Waals surface area contributed by atoms with Crippen molar-refractivity contribution in [1.82, 2.24) is 0 Å². The van der Waals surface area contributed by atoms with Crippen molar-refractivity contribution in [2.24, 2.45) is 23.2 Å². The molecule has 0 aromatic carbocycles. The summed E-state index contributed by atoms with van der Waals surface area (Å²) in [4.78, 5) is 26.0. The number of hydrogen-bond acceptors (Lipinski definition) is 5. The molecule has 4 fully saturated rings. The Kier molecular flexibility index (Phi) is 4.31. The molecule has 1 amide bonds. The van der Waals surface area contributed by atoms with Gasteiger partial charge in [-0.05, 0) is 75.7 Å². The van der Waals surface area contributed by atoms with Crippen molar-refractivity contribution >= 4 is 28.2 Å². The lowest BCUT2D eigenvalue weighted by Crippen LogP contribution is -2.50. The van der Waals surface area contributed by atoms with Crippen LogP contribution in [0.3, 0.4) is 0 Å². The summed E-state index contributed by atoms with van der Waals surface area (Å²) in [5, 5.41) is 12.5. The van der Waals surface area contributed by atoms with Crippen LogP contribution in [0.2, 0.25) is 0 Å². The van der Waals surface area contributed by atoms with Crippen molar-refractivity contribution in [2.75, 3.05) is 11.9 Å². The molecule has 4 bridgehead atoms. The fraction of sp³-hybridized carbons (Fsp3) is 0.650. The molecule has 1 N–H and O–H groups in total. The summed E-state index contributed by atoms with van der Waals surface area (Å²) in [5.74, 6) is 1.43. The second-order valence-corrected chi connectivity index (χ2v) is 9.65. The number of rotatable bonds is 4. The standard InChI is InChI=1S/C20H24N2O3S/c1-11-12(2)26-18(16(11)9-21)22-17(23)10-25-19(24)20-6-13-3-14(7-20)5-15(4-13)8-20/h13-15H,3-8,10H2,1-2H3,(H,22,23). The Morgan fingerprint density at radius 1 is 1.19 bits per heavy atom. The molecule has 26 heavy (non-hydrogen) atoms. The molecule has 0 aliphatic heterocycles. The summed E-state index contributed by atoms with van der Waals surface area (Å²) in [7, 11) is 0. The van der Waals surface area contributed by atoms with E-state index in [1.807, 2.05) is 13.8 Å². The Bertz CT molecular complexity index is 769. The van der Waals surface area contributed by atoms with Gasteiger partial charge >= 0.3 is 5.97 Å². The molecule has 4 aliphatic rings. The van der Waals surface area contributed by atoms with Crippen LogP contribution >= 0.6 is 11.3 Å². The highest BCUT2D eigenvalue weighted by atomic mass is 32.1. The van der Waals surface area contributed by atoms with Gasteiger partial charge < -0.3 is 10.1 Å². The quantitative estimate of drug-likeness (QED) is 0.812. The summed E-state index contributed by atoms with van der Waals surface area (Å²) in [6.45, 7) is 3.51. The Balaban J connectivity index is 1.37. The zero-order valence-corrected chi connectivity index (χ0v) is 16.1. The molecule has 1 heterocycles. The van der Waals surface area contributed by atoms with E-state index in [-0.39, 0.29) is 23.9 Å². The zero-order chi connectivity index (χ0) is 18.5. The number of nitriles is 1. The topological polar surface area (TPSA) is 79.2 Å². The lowest BCUT2D eigenvalue weighted by Gasteiger charge is -2.55. The van der Waals surface area contributed by atoms with Crippen LogP contribution in [0.4, 0.5) is 5.00 Å². The first kappa shape index (κ1) is 17.5. The number of nitrogens with one attached hydrogen (secondary N) is 1. The summed E-state index contributed by atoms with van der Waals surface area (Å²) in [5.41, 5.74) is 1.04. The van der Waals surface area contributed by atoms with Crippen LogP contribution in [0.25, 0.3) is 0 Å². The Hall–Kier alpha value is -1.87. The maximum Gasteiger partial charge on any atom is 0.312 e. The highest BCUT2D eigenvalue weighted by molar-refractivity contribution is 7.16. The van der Waals surface area contributed by atoms with Gasteiger partial charge in [0.2, 0.25) is 0 Å². The first-order valence-corrected chi connectivity index (χ1v) is 10.2. The molecule has 1 aromatic heterocycles. The van der Waals surface area contributed by atoms with E-state index in [1.165, 1.54) is 30.6 Å². The van der Waals surface area contributed by atoms with Gasteiger partial charge in [-0.2, -0.15) is 5.26 Å². The normalized spacial score (nSPS) is 31.5. The summed E-state index contributed by atoms with van der Waals surface area (Å²) < 4.78 is 5.44. The third-order valence-electron chi connectivity index (χ3n) is 6.56. The molecule has 0 radical (unpaired) electrons. The van der Waals surface area contributed by atoms with E-state index in [2.05, 4.69) is 11.4 Å². The van der Waals surface area contributed by atoms with E-state index >= 15 is 0 Å². The molecule has 5 rings (SSSR count). The summed E-state index contributed by atoms with van der Waals surface area (Å²) in [6.07, 6.45) is 6.59. The number of ether oxygens (including phenoxy) is 1. The lowest BCUT2D eigenvalue weighted by molar-refractivity contribution is -0.172. The Labute approximate surface area is 157 Å². The molecule has 1 aromatic rings. The van der Waals surface area contributed by atoms with Crippen LogP contribution in [0.1, 0.15) is 54.5 Å². The SMILES string of the molecule is Cc1sc(NC(=O)COC(=O)C23CC4CC(CC(C4)C2)C3)c(C#N)c1C. The second kappa shape index (κ2) is 6.38. The summed E-state index contributed by atoms with van der Waals surface area (Å²) >= 11 is 1.38. The molecular formula is C20H24N2O3S. The average molecular weight is 372 g/mol. The minimum Gasteiger partial charge on any atom is -0.455 e. The maximum atomic E-state index is 12.8. The number of carbonyl (C=O) groups is 2. The molecule has 0 atom stereocenters. The van der Waals surface area contributed by atoms with Crippen molar-refractivity contribution in [3.05, 3.63) is 16.0 Å². The van der Waals surface area contributed by atoms with E-state index in [0.29, 0.717) is 28.3 Å². The van der Waals surface area contributed by atoms with E-state index in [9.17, 15) is 14.9 Å². The van der Waals surface area contributed by atoms with Crippen molar-refractivity contribution in [1.29, 1.82) is 5.26 Å². The number of amides is 1. The second-order valence-electron chi connectivity index (χ2n) is 8.42. The van der Waals surface area contributed by atoms with Gasteiger partial charge in [0.15, 0.2) is 6.61 Å². The highest BCUT2D eigenvalue weighted by Crippen LogP contribution is 2.60. The summed E-state index contributed by atoms with van der Waals surface area (Å²) in [6, 6.07) is 2.13. The average Bonchev–Trinajstić information content (AvgIpc) is 2.84. The largest absolute Gasteiger partial charge is 0.455 e. The van der Waals surface area contributed by atoms with E-state index < -0.39 is 0 Å². The predicted octanol–water partition coefficient (Wildman–Crippen LogP) is 3.93. The van der Waals surface area contributed by atoms with Gasteiger partial charge in [-0.3, -0.25) is 9.59 Å². The minimum absolute atomic E-state index is 0.189. The number of hydrogen-bond donors (Lipinski definition) is 1. The molecule has 4 saturated carbocycles. The van der Waals surface area contributed by atoms with E-state index in [0.717, 1.165) is 29.7 Å². The molecule has 0 saturated heterocycles. The number of aryl methyl sites for hydroxylation is 1.